The Hall–Kier alpha value is -3.40. The topological polar surface area (TPSA) is 50.7 Å². The van der Waals surface area contributed by atoms with Gasteiger partial charge in [0, 0.05) is 11.8 Å². The molecule has 4 heteroatoms. The summed E-state index contributed by atoms with van der Waals surface area (Å²) in [4.78, 5) is 12.8. The first-order chi connectivity index (χ1) is 13.8. The Kier molecular flexibility index (Phi) is 5.20. The summed E-state index contributed by atoms with van der Waals surface area (Å²) in [6.45, 7) is 0. The molecular weight excluding hydrogens is 348 g/mol. The Morgan fingerprint density at radius 1 is 0.857 bits per heavy atom. The monoisotopic (exact) mass is 370 g/mol. The number of carbonyl (C=O) groups is 1. The van der Waals surface area contributed by atoms with E-state index in [1.54, 1.807) is 13.3 Å². The van der Waals surface area contributed by atoms with Crippen LogP contribution >= 0.6 is 0 Å². The molecule has 4 nitrogen and oxygen atoms in total. The second kappa shape index (κ2) is 8.09. The van der Waals surface area contributed by atoms with Gasteiger partial charge in [0.2, 0.25) is 5.91 Å². The van der Waals surface area contributed by atoms with E-state index in [1.807, 2.05) is 60.7 Å². The number of methoxy groups -OCH3 is 1. The summed E-state index contributed by atoms with van der Waals surface area (Å²) in [5, 5.41) is 4.15. The third-order valence-electron chi connectivity index (χ3n) is 5.20. The molecule has 4 rings (SSSR count). The van der Waals surface area contributed by atoms with Crippen LogP contribution in [0.15, 0.2) is 90.0 Å². The van der Waals surface area contributed by atoms with E-state index in [-0.39, 0.29) is 23.7 Å². The molecule has 1 amide bonds. The zero-order valence-corrected chi connectivity index (χ0v) is 15.7. The Morgan fingerprint density at radius 3 is 1.89 bits per heavy atom. The molecule has 0 bridgehead atoms. The summed E-state index contributed by atoms with van der Waals surface area (Å²) in [6, 6.07) is 28.0. The summed E-state index contributed by atoms with van der Waals surface area (Å²) >= 11 is 0. The smallest absolute Gasteiger partial charge is 0.244 e. The van der Waals surface area contributed by atoms with Gasteiger partial charge in [0.05, 0.1) is 19.2 Å². The van der Waals surface area contributed by atoms with Crippen LogP contribution in [0.4, 0.5) is 0 Å². The number of ether oxygens (including phenoxy) is 1. The van der Waals surface area contributed by atoms with E-state index in [4.69, 9.17) is 4.74 Å². The minimum Gasteiger partial charge on any atom is -0.497 e. The fraction of sp³-hybridized carbons (Fsp3) is 0.167. The van der Waals surface area contributed by atoms with Crippen molar-refractivity contribution in [3.63, 3.8) is 0 Å². The third kappa shape index (κ3) is 3.81. The SMILES string of the molecule is COc1ccc(/C=N\NC(=O)C2[C@H](c3ccccc3)[C@H]2c2ccccc2)cc1. The summed E-state index contributed by atoms with van der Waals surface area (Å²) in [5.41, 5.74) is 6.00. The van der Waals surface area contributed by atoms with Gasteiger partial charge in [0.25, 0.3) is 0 Å². The van der Waals surface area contributed by atoms with Crippen molar-refractivity contribution in [3.8, 4) is 5.75 Å². The Morgan fingerprint density at radius 2 is 1.39 bits per heavy atom. The lowest BCUT2D eigenvalue weighted by atomic mass is 10.0. The minimum atomic E-state index is -0.113. The van der Waals surface area contributed by atoms with E-state index in [9.17, 15) is 4.79 Å². The molecule has 2 atom stereocenters. The highest BCUT2D eigenvalue weighted by Crippen LogP contribution is 2.60. The lowest BCUT2D eigenvalue weighted by molar-refractivity contribution is -0.122. The van der Waals surface area contributed by atoms with Gasteiger partial charge < -0.3 is 4.74 Å². The minimum absolute atomic E-state index is 0.0486. The van der Waals surface area contributed by atoms with Crippen LogP contribution in [0.25, 0.3) is 0 Å². The van der Waals surface area contributed by atoms with E-state index in [0.717, 1.165) is 11.3 Å². The summed E-state index contributed by atoms with van der Waals surface area (Å²) in [7, 11) is 1.63. The van der Waals surface area contributed by atoms with Crippen molar-refractivity contribution in [3.05, 3.63) is 102 Å². The van der Waals surface area contributed by atoms with Crippen LogP contribution in [0.3, 0.4) is 0 Å². The highest BCUT2D eigenvalue weighted by Gasteiger charge is 2.55. The number of amides is 1. The first-order valence-electron chi connectivity index (χ1n) is 9.35. The van der Waals surface area contributed by atoms with E-state index in [1.165, 1.54) is 11.1 Å². The number of nitrogens with zero attached hydrogens (tertiary/aromatic N) is 1. The largest absolute Gasteiger partial charge is 0.497 e. The van der Waals surface area contributed by atoms with Gasteiger partial charge in [-0.25, -0.2) is 5.43 Å². The molecule has 1 aliphatic rings. The Labute approximate surface area is 164 Å². The van der Waals surface area contributed by atoms with Gasteiger partial charge in [-0.3, -0.25) is 4.79 Å². The second-order valence-corrected chi connectivity index (χ2v) is 6.91. The summed E-state index contributed by atoms with van der Waals surface area (Å²) < 4.78 is 5.15. The van der Waals surface area contributed by atoms with Crippen molar-refractivity contribution >= 4 is 12.1 Å². The molecule has 0 aromatic heterocycles. The molecule has 0 heterocycles. The molecule has 1 N–H and O–H groups in total. The fourth-order valence-electron chi connectivity index (χ4n) is 3.75. The maximum Gasteiger partial charge on any atom is 0.244 e. The molecule has 0 radical (unpaired) electrons. The Bertz CT molecular complexity index is 907. The maximum atomic E-state index is 12.8. The highest BCUT2D eigenvalue weighted by atomic mass is 16.5. The van der Waals surface area contributed by atoms with Gasteiger partial charge >= 0.3 is 0 Å². The van der Waals surface area contributed by atoms with Crippen molar-refractivity contribution < 1.29 is 9.53 Å². The number of hydrazone groups is 1. The first kappa shape index (κ1) is 18.0. The zero-order valence-electron chi connectivity index (χ0n) is 15.7. The van der Waals surface area contributed by atoms with Crippen LogP contribution in [0.1, 0.15) is 28.5 Å². The maximum absolute atomic E-state index is 12.8. The quantitative estimate of drug-likeness (QED) is 0.518. The summed E-state index contributed by atoms with van der Waals surface area (Å²) in [6.07, 6.45) is 1.65. The van der Waals surface area contributed by atoms with Gasteiger partial charge in [-0.1, -0.05) is 60.7 Å². The Balaban J connectivity index is 1.47. The second-order valence-electron chi connectivity index (χ2n) is 6.91. The van der Waals surface area contributed by atoms with Crippen molar-refractivity contribution in [2.45, 2.75) is 11.8 Å². The number of hydrogen-bond donors (Lipinski definition) is 1. The molecule has 0 aliphatic heterocycles. The van der Waals surface area contributed by atoms with E-state index < -0.39 is 0 Å². The first-order valence-corrected chi connectivity index (χ1v) is 9.35. The predicted molar refractivity (Wildman–Crippen MR) is 111 cm³/mol. The van der Waals surface area contributed by atoms with Crippen LogP contribution in [0, 0.1) is 5.92 Å². The van der Waals surface area contributed by atoms with Crippen molar-refractivity contribution in [1.82, 2.24) is 5.43 Å². The normalized spacial score (nSPS) is 20.7. The molecule has 0 unspecified atom stereocenters. The average Bonchev–Trinajstić information content (AvgIpc) is 3.51. The average molecular weight is 370 g/mol. The third-order valence-corrected chi connectivity index (χ3v) is 5.20. The van der Waals surface area contributed by atoms with Gasteiger partial charge in [-0.2, -0.15) is 5.10 Å². The van der Waals surface area contributed by atoms with Crippen molar-refractivity contribution in [2.24, 2.45) is 11.0 Å². The molecule has 1 saturated carbocycles. The molecular formula is C24H22N2O2. The molecule has 0 spiro atoms. The van der Waals surface area contributed by atoms with Crippen molar-refractivity contribution in [2.75, 3.05) is 7.11 Å². The molecule has 3 aromatic rings. The van der Waals surface area contributed by atoms with Crippen molar-refractivity contribution in [1.29, 1.82) is 0 Å². The van der Waals surface area contributed by atoms with Crippen LogP contribution in [-0.4, -0.2) is 19.2 Å². The van der Waals surface area contributed by atoms with Crippen LogP contribution in [-0.2, 0) is 4.79 Å². The lowest BCUT2D eigenvalue weighted by Crippen LogP contribution is -2.20. The number of rotatable bonds is 6. The van der Waals surface area contributed by atoms with E-state index in [0.29, 0.717) is 0 Å². The number of nitrogens with one attached hydrogen (secondary N) is 1. The standard InChI is InChI=1S/C24H22N2O2/c1-28-20-14-12-17(13-15-20)16-25-26-24(27)23-21(18-8-4-2-5-9-18)22(23)19-10-6-3-7-11-19/h2-16,21-23H,1H3,(H,26,27)/b25-16-/t21-,22-/m1/s1. The number of hydrogen-bond acceptors (Lipinski definition) is 3. The zero-order chi connectivity index (χ0) is 19.3. The fourth-order valence-corrected chi connectivity index (χ4v) is 3.75. The van der Waals surface area contributed by atoms with Gasteiger partial charge in [-0.05, 0) is 41.0 Å². The van der Waals surface area contributed by atoms with E-state index >= 15 is 0 Å². The van der Waals surface area contributed by atoms with Crippen LogP contribution in [0.5, 0.6) is 5.75 Å². The summed E-state index contributed by atoms with van der Waals surface area (Å²) in [5.74, 6) is 0.987. The van der Waals surface area contributed by atoms with Crippen LogP contribution < -0.4 is 10.2 Å². The van der Waals surface area contributed by atoms with E-state index in [2.05, 4.69) is 34.8 Å². The molecule has 140 valence electrons. The highest BCUT2D eigenvalue weighted by molar-refractivity contribution is 5.87. The molecule has 0 saturated heterocycles. The predicted octanol–water partition coefficient (Wildman–Crippen LogP) is 4.34. The molecule has 3 aromatic carbocycles. The number of benzene rings is 3. The van der Waals surface area contributed by atoms with Crippen LogP contribution in [0.2, 0.25) is 0 Å². The van der Waals surface area contributed by atoms with Gasteiger partial charge in [0.1, 0.15) is 5.75 Å². The molecule has 28 heavy (non-hydrogen) atoms. The molecule has 1 aliphatic carbocycles. The van der Waals surface area contributed by atoms with Gasteiger partial charge in [0.15, 0.2) is 0 Å². The van der Waals surface area contributed by atoms with Gasteiger partial charge in [-0.15, -0.1) is 0 Å². The lowest BCUT2D eigenvalue weighted by Gasteiger charge is -2.01. The molecule has 1 fully saturated rings. The number of carbonyl (C=O) groups excluding carboxylic acids is 1.